The first kappa shape index (κ1) is 28.6. The van der Waals surface area contributed by atoms with Gasteiger partial charge in [-0.1, -0.05) is 30.0 Å². The number of nitrogens with one attached hydrogen (secondary N) is 2. The van der Waals surface area contributed by atoms with E-state index in [9.17, 15) is 27.2 Å². The first-order valence-electron chi connectivity index (χ1n) is 11.8. The van der Waals surface area contributed by atoms with Gasteiger partial charge in [-0.15, -0.1) is 10.2 Å². The molecule has 4 aromatic rings. The van der Waals surface area contributed by atoms with Gasteiger partial charge in [-0.25, -0.2) is 4.39 Å². The van der Waals surface area contributed by atoms with E-state index in [0.717, 1.165) is 29.5 Å². The molecule has 0 fully saturated rings. The number of rotatable bonds is 10. The summed E-state index contributed by atoms with van der Waals surface area (Å²) in [5.74, 6) is -0.567. The summed E-state index contributed by atoms with van der Waals surface area (Å²) in [6, 6.07) is 16.7. The molecule has 3 aromatic carbocycles. The number of aromatic nitrogens is 3. The summed E-state index contributed by atoms with van der Waals surface area (Å²) in [6.07, 6.45) is -4.52. The van der Waals surface area contributed by atoms with Gasteiger partial charge in [-0.2, -0.15) is 13.2 Å². The number of halogens is 4. The van der Waals surface area contributed by atoms with Crippen molar-refractivity contribution in [3.63, 3.8) is 0 Å². The van der Waals surface area contributed by atoms with E-state index in [1.807, 2.05) is 0 Å². The predicted octanol–water partition coefficient (Wildman–Crippen LogP) is 5.02. The number of amides is 2. The van der Waals surface area contributed by atoms with Crippen LogP contribution in [0.1, 0.15) is 17.0 Å². The summed E-state index contributed by atoms with van der Waals surface area (Å²) in [4.78, 5) is 25.0. The fraction of sp³-hybridized carbons (Fsp3) is 0.185. The third-order valence-corrected chi connectivity index (χ3v) is 6.49. The normalized spacial score (nSPS) is 11.2. The Hall–Kier alpha value is -4.39. The number of ether oxygens (including phenoxy) is 1. The van der Waals surface area contributed by atoms with Crippen LogP contribution < -0.4 is 15.4 Å². The van der Waals surface area contributed by atoms with Crippen molar-refractivity contribution in [1.82, 2.24) is 20.1 Å². The highest BCUT2D eigenvalue weighted by atomic mass is 32.2. The van der Waals surface area contributed by atoms with E-state index >= 15 is 0 Å². The number of anilines is 1. The summed E-state index contributed by atoms with van der Waals surface area (Å²) in [7, 11) is 1.53. The lowest BCUT2D eigenvalue weighted by molar-refractivity contribution is -0.137. The molecule has 13 heteroatoms. The van der Waals surface area contributed by atoms with Crippen molar-refractivity contribution in [1.29, 1.82) is 0 Å². The van der Waals surface area contributed by atoms with Gasteiger partial charge in [0.1, 0.15) is 11.6 Å². The summed E-state index contributed by atoms with van der Waals surface area (Å²) >= 11 is 0.944. The van der Waals surface area contributed by atoms with Crippen LogP contribution in [0.2, 0.25) is 0 Å². The van der Waals surface area contributed by atoms with Gasteiger partial charge < -0.3 is 15.4 Å². The molecule has 1 aromatic heterocycles. The van der Waals surface area contributed by atoms with Gasteiger partial charge in [0.05, 0.1) is 37.1 Å². The van der Waals surface area contributed by atoms with Crippen LogP contribution >= 0.6 is 11.8 Å². The van der Waals surface area contributed by atoms with Crippen LogP contribution in [0.15, 0.2) is 78.0 Å². The molecule has 0 unspecified atom stereocenters. The van der Waals surface area contributed by atoms with Gasteiger partial charge in [0.15, 0.2) is 11.0 Å². The summed E-state index contributed by atoms with van der Waals surface area (Å²) in [5, 5.41) is 13.6. The number of alkyl halides is 3. The lowest BCUT2D eigenvalue weighted by Gasteiger charge is -2.13. The van der Waals surface area contributed by atoms with Crippen molar-refractivity contribution < 1.29 is 31.9 Å². The molecule has 2 amide bonds. The van der Waals surface area contributed by atoms with Crippen molar-refractivity contribution in [2.45, 2.75) is 24.3 Å². The van der Waals surface area contributed by atoms with E-state index in [2.05, 4.69) is 20.8 Å². The predicted molar refractivity (Wildman–Crippen MR) is 141 cm³/mol. The fourth-order valence-corrected chi connectivity index (χ4v) is 4.39. The molecule has 0 aliphatic rings. The zero-order valence-electron chi connectivity index (χ0n) is 21.0. The standard InChI is InChI=1S/C27H23F4N5O3S/c1-39-22-11-5-17(6-12-22)13-24(37)32-15-23-34-35-26(36(23)21-4-2-3-18(14-21)27(29,30)31)40-16-25(38)33-20-9-7-19(28)8-10-20/h2-12,14H,13,15-16H2,1H3,(H,32,37)(H,33,38). The first-order valence-corrected chi connectivity index (χ1v) is 12.8. The highest BCUT2D eigenvalue weighted by Gasteiger charge is 2.31. The molecule has 0 radical (unpaired) electrons. The average Bonchev–Trinajstić information content (AvgIpc) is 3.35. The van der Waals surface area contributed by atoms with Gasteiger partial charge in [0, 0.05) is 5.69 Å². The Balaban J connectivity index is 1.51. The van der Waals surface area contributed by atoms with Crippen molar-refractivity contribution in [2.24, 2.45) is 0 Å². The van der Waals surface area contributed by atoms with E-state index in [4.69, 9.17) is 4.74 Å². The molecule has 0 bridgehead atoms. The Morgan fingerprint density at radius 1 is 0.975 bits per heavy atom. The van der Waals surface area contributed by atoms with Crippen LogP contribution in [0.3, 0.4) is 0 Å². The van der Waals surface area contributed by atoms with Crippen LogP contribution in [0.4, 0.5) is 23.2 Å². The monoisotopic (exact) mass is 573 g/mol. The van der Waals surface area contributed by atoms with Crippen LogP contribution in [0.5, 0.6) is 5.75 Å². The molecule has 8 nitrogen and oxygen atoms in total. The maximum atomic E-state index is 13.4. The number of benzene rings is 3. The highest BCUT2D eigenvalue weighted by molar-refractivity contribution is 7.99. The zero-order valence-corrected chi connectivity index (χ0v) is 21.9. The smallest absolute Gasteiger partial charge is 0.416 e. The number of methoxy groups -OCH3 is 1. The molecule has 0 spiro atoms. The second-order valence-corrected chi connectivity index (χ2v) is 9.37. The van der Waals surface area contributed by atoms with Gasteiger partial charge >= 0.3 is 6.18 Å². The summed E-state index contributed by atoms with van der Waals surface area (Å²) in [6.45, 7) is -0.124. The number of carbonyl (C=O) groups excluding carboxylic acids is 2. The Morgan fingerprint density at radius 2 is 1.70 bits per heavy atom. The number of nitrogens with zero attached hydrogens (tertiary/aromatic N) is 3. The van der Waals surface area contributed by atoms with Gasteiger partial charge in [0.25, 0.3) is 0 Å². The number of carbonyl (C=O) groups is 2. The number of hydrogen-bond acceptors (Lipinski definition) is 6. The minimum absolute atomic E-state index is 0.0624. The van der Waals surface area contributed by atoms with E-state index < -0.39 is 23.5 Å². The van der Waals surface area contributed by atoms with Crippen LogP contribution in [-0.4, -0.2) is 39.4 Å². The van der Waals surface area contributed by atoms with Crippen molar-refractivity contribution in [3.8, 4) is 11.4 Å². The molecule has 0 saturated carbocycles. The Bertz CT molecular complexity index is 1480. The van der Waals surface area contributed by atoms with Gasteiger partial charge in [-0.3, -0.25) is 14.2 Å². The molecule has 4 rings (SSSR count). The zero-order chi connectivity index (χ0) is 28.7. The van der Waals surface area contributed by atoms with Crippen molar-refractivity contribution in [3.05, 3.63) is 95.6 Å². The third-order valence-electron chi connectivity index (χ3n) is 5.56. The summed E-state index contributed by atoms with van der Waals surface area (Å²) < 4.78 is 59.8. The van der Waals surface area contributed by atoms with Crippen LogP contribution in [-0.2, 0) is 28.7 Å². The maximum Gasteiger partial charge on any atom is 0.416 e. The largest absolute Gasteiger partial charge is 0.497 e. The second kappa shape index (κ2) is 12.6. The lowest BCUT2D eigenvalue weighted by atomic mass is 10.1. The highest BCUT2D eigenvalue weighted by Crippen LogP contribution is 2.31. The molecule has 2 N–H and O–H groups in total. The Kier molecular flexibility index (Phi) is 9.04. The first-order chi connectivity index (χ1) is 19.1. The topological polar surface area (TPSA) is 98.1 Å². The van der Waals surface area contributed by atoms with E-state index in [1.54, 1.807) is 24.3 Å². The Labute approximate surface area is 230 Å². The van der Waals surface area contributed by atoms with Gasteiger partial charge in [0.2, 0.25) is 11.8 Å². The molecule has 1 heterocycles. The second-order valence-electron chi connectivity index (χ2n) is 8.43. The molecule has 40 heavy (non-hydrogen) atoms. The lowest BCUT2D eigenvalue weighted by Crippen LogP contribution is -2.26. The van der Waals surface area contributed by atoms with Crippen LogP contribution in [0.25, 0.3) is 5.69 Å². The minimum Gasteiger partial charge on any atom is -0.497 e. The number of hydrogen-bond donors (Lipinski definition) is 2. The molecule has 0 aliphatic heterocycles. The quantitative estimate of drug-likeness (QED) is 0.204. The molecule has 0 atom stereocenters. The maximum absolute atomic E-state index is 13.4. The average molecular weight is 574 g/mol. The molecule has 0 saturated heterocycles. The molecular weight excluding hydrogens is 550 g/mol. The van der Waals surface area contributed by atoms with Crippen molar-refractivity contribution >= 4 is 29.3 Å². The van der Waals surface area contributed by atoms with E-state index in [-0.39, 0.29) is 41.3 Å². The number of thioether (sulfide) groups is 1. The minimum atomic E-state index is -4.58. The Morgan fingerprint density at radius 3 is 2.38 bits per heavy atom. The van der Waals surface area contributed by atoms with E-state index in [1.165, 1.54) is 48.1 Å². The summed E-state index contributed by atoms with van der Waals surface area (Å²) in [5.41, 5.74) is 0.353. The molecular formula is C27H23F4N5O3S. The third kappa shape index (κ3) is 7.59. The fourth-order valence-electron chi connectivity index (χ4n) is 3.62. The molecule has 0 aliphatic carbocycles. The van der Waals surface area contributed by atoms with Crippen molar-refractivity contribution in [2.75, 3.05) is 18.2 Å². The molecule has 208 valence electrons. The van der Waals surface area contributed by atoms with Crippen LogP contribution in [0, 0.1) is 5.82 Å². The van der Waals surface area contributed by atoms with Gasteiger partial charge in [-0.05, 0) is 60.2 Å². The van der Waals surface area contributed by atoms with E-state index in [0.29, 0.717) is 11.4 Å². The SMILES string of the molecule is COc1ccc(CC(=O)NCc2nnc(SCC(=O)Nc3ccc(F)cc3)n2-c2cccc(C(F)(F)F)c2)cc1.